The summed E-state index contributed by atoms with van der Waals surface area (Å²) >= 11 is 3.23. The molecule has 0 aromatic heterocycles. The predicted molar refractivity (Wildman–Crippen MR) is 65.3 cm³/mol. The largest absolute Gasteiger partial charge is 0.468 e. The summed E-state index contributed by atoms with van der Waals surface area (Å²) in [6.07, 6.45) is 0.0116. The molecule has 0 fully saturated rings. The van der Waals surface area contributed by atoms with Crippen LogP contribution in [-0.2, 0) is 25.5 Å². The van der Waals surface area contributed by atoms with E-state index in [0.29, 0.717) is 10.0 Å². The van der Waals surface area contributed by atoms with E-state index in [1.165, 1.54) is 32.4 Å². The molecule has 0 saturated carbocycles. The zero-order valence-corrected chi connectivity index (χ0v) is 11.5. The smallest absolute Gasteiger partial charge is 0.320 e. The second kappa shape index (κ2) is 6.49. The number of hydrogen-bond acceptors (Lipinski definition) is 4. The molecule has 0 bridgehead atoms. The van der Waals surface area contributed by atoms with E-state index in [0.717, 1.165) is 0 Å². The van der Waals surface area contributed by atoms with Crippen molar-refractivity contribution in [2.45, 2.75) is 6.42 Å². The lowest BCUT2D eigenvalue weighted by Gasteiger charge is -2.13. The molecule has 1 rings (SSSR count). The number of halogens is 2. The lowest BCUT2D eigenvalue weighted by molar-refractivity contribution is -0.158. The van der Waals surface area contributed by atoms with Gasteiger partial charge in [0, 0.05) is 4.47 Å². The Bertz CT molecular complexity index is 445. The SMILES string of the molecule is COC(=O)C(Cc1cc(F)ccc1Br)C(=O)OC. The minimum atomic E-state index is -1.10. The Morgan fingerprint density at radius 2 is 1.83 bits per heavy atom. The number of esters is 2. The summed E-state index contributed by atoms with van der Waals surface area (Å²) in [5, 5.41) is 0. The van der Waals surface area contributed by atoms with Crippen LogP contribution in [0.3, 0.4) is 0 Å². The number of benzene rings is 1. The number of methoxy groups -OCH3 is 2. The van der Waals surface area contributed by atoms with Crippen molar-refractivity contribution in [3.63, 3.8) is 0 Å². The molecular weight excluding hydrogens is 307 g/mol. The van der Waals surface area contributed by atoms with Gasteiger partial charge < -0.3 is 9.47 Å². The maximum absolute atomic E-state index is 13.1. The molecule has 0 radical (unpaired) electrons. The van der Waals surface area contributed by atoms with Crippen molar-refractivity contribution in [1.29, 1.82) is 0 Å². The fourth-order valence-electron chi connectivity index (χ4n) is 1.47. The van der Waals surface area contributed by atoms with Crippen LogP contribution in [0, 0.1) is 11.7 Å². The Balaban J connectivity index is 2.99. The van der Waals surface area contributed by atoms with E-state index in [2.05, 4.69) is 25.4 Å². The summed E-state index contributed by atoms with van der Waals surface area (Å²) in [6.45, 7) is 0. The summed E-state index contributed by atoms with van der Waals surface area (Å²) in [4.78, 5) is 23.0. The third-order valence-electron chi connectivity index (χ3n) is 2.40. The van der Waals surface area contributed by atoms with Gasteiger partial charge >= 0.3 is 11.9 Å². The van der Waals surface area contributed by atoms with Crippen molar-refractivity contribution >= 4 is 27.9 Å². The zero-order valence-electron chi connectivity index (χ0n) is 9.91. The second-order valence-corrected chi connectivity index (χ2v) is 4.39. The van der Waals surface area contributed by atoms with E-state index in [9.17, 15) is 14.0 Å². The molecule has 1 aromatic rings. The Kier molecular flexibility index (Phi) is 5.27. The van der Waals surface area contributed by atoms with E-state index >= 15 is 0 Å². The first-order valence-electron chi connectivity index (χ1n) is 5.09. The molecule has 98 valence electrons. The molecule has 0 spiro atoms. The zero-order chi connectivity index (χ0) is 13.7. The van der Waals surface area contributed by atoms with Crippen LogP contribution in [0.15, 0.2) is 22.7 Å². The van der Waals surface area contributed by atoms with Crippen LogP contribution in [0.5, 0.6) is 0 Å². The van der Waals surface area contributed by atoms with E-state index < -0.39 is 23.7 Å². The highest BCUT2D eigenvalue weighted by atomic mass is 79.9. The minimum absolute atomic E-state index is 0.0116. The molecule has 18 heavy (non-hydrogen) atoms. The van der Waals surface area contributed by atoms with Crippen LogP contribution in [-0.4, -0.2) is 26.2 Å². The van der Waals surface area contributed by atoms with Crippen LogP contribution in [0.4, 0.5) is 4.39 Å². The van der Waals surface area contributed by atoms with E-state index in [4.69, 9.17) is 0 Å². The van der Waals surface area contributed by atoms with Crippen molar-refractivity contribution in [2.24, 2.45) is 5.92 Å². The average molecular weight is 319 g/mol. The van der Waals surface area contributed by atoms with Crippen molar-refractivity contribution in [1.82, 2.24) is 0 Å². The van der Waals surface area contributed by atoms with Gasteiger partial charge in [-0.15, -0.1) is 0 Å². The molecule has 0 N–H and O–H groups in total. The number of carbonyl (C=O) groups is 2. The van der Waals surface area contributed by atoms with Crippen molar-refractivity contribution in [2.75, 3.05) is 14.2 Å². The molecule has 0 aliphatic heterocycles. The third kappa shape index (κ3) is 3.53. The molecular formula is C12H12BrFO4. The monoisotopic (exact) mass is 318 g/mol. The highest BCUT2D eigenvalue weighted by molar-refractivity contribution is 9.10. The summed E-state index contributed by atoms with van der Waals surface area (Å²) in [7, 11) is 2.36. The number of rotatable bonds is 4. The van der Waals surface area contributed by atoms with Gasteiger partial charge in [-0.1, -0.05) is 15.9 Å². The lowest BCUT2D eigenvalue weighted by atomic mass is 9.99. The molecule has 0 heterocycles. The average Bonchev–Trinajstić information content (AvgIpc) is 2.38. The Hall–Kier alpha value is -1.43. The normalized spacial score (nSPS) is 10.3. The van der Waals surface area contributed by atoms with Crippen molar-refractivity contribution in [3.8, 4) is 0 Å². The quantitative estimate of drug-likeness (QED) is 0.630. The minimum Gasteiger partial charge on any atom is -0.468 e. The summed E-state index contributed by atoms with van der Waals surface area (Å²) in [5.74, 6) is -2.96. The third-order valence-corrected chi connectivity index (χ3v) is 3.18. The summed E-state index contributed by atoms with van der Waals surface area (Å²) in [5.41, 5.74) is 0.496. The molecule has 1 aromatic carbocycles. The highest BCUT2D eigenvalue weighted by Crippen LogP contribution is 2.22. The molecule has 0 aliphatic carbocycles. The molecule has 4 nitrogen and oxygen atoms in total. The van der Waals surface area contributed by atoms with Gasteiger partial charge in [0.1, 0.15) is 5.82 Å². The number of ether oxygens (including phenoxy) is 2. The maximum atomic E-state index is 13.1. The van der Waals surface area contributed by atoms with E-state index in [-0.39, 0.29) is 6.42 Å². The van der Waals surface area contributed by atoms with Gasteiger partial charge in [0.2, 0.25) is 0 Å². The Morgan fingerprint density at radius 1 is 1.28 bits per heavy atom. The van der Waals surface area contributed by atoms with Gasteiger partial charge in [-0.25, -0.2) is 4.39 Å². The van der Waals surface area contributed by atoms with Crippen LogP contribution >= 0.6 is 15.9 Å². The summed E-state index contributed by atoms with van der Waals surface area (Å²) in [6, 6.07) is 4.04. The predicted octanol–water partition coefficient (Wildman–Crippen LogP) is 2.09. The van der Waals surface area contributed by atoms with Crippen LogP contribution in [0.25, 0.3) is 0 Å². The van der Waals surface area contributed by atoms with Crippen LogP contribution < -0.4 is 0 Å². The van der Waals surface area contributed by atoms with Gasteiger partial charge in [-0.3, -0.25) is 9.59 Å². The van der Waals surface area contributed by atoms with Crippen molar-refractivity contribution in [3.05, 3.63) is 34.1 Å². The number of hydrogen-bond donors (Lipinski definition) is 0. The van der Waals surface area contributed by atoms with Crippen LogP contribution in [0.2, 0.25) is 0 Å². The maximum Gasteiger partial charge on any atom is 0.320 e. The molecule has 0 aliphatic rings. The van der Waals surface area contributed by atoms with Gasteiger partial charge in [-0.2, -0.15) is 0 Å². The van der Waals surface area contributed by atoms with Crippen molar-refractivity contribution < 1.29 is 23.5 Å². The fourth-order valence-corrected chi connectivity index (χ4v) is 1.88. The van der Waals surface area contributed by atoms with Gasteiger partial charge in [0.25, 0.3) is 0 Å². The Morgan fingerprint density at radius 3 is 2.33 bits per heavy atom. The first kappa shape index (κ1) is 14.6. The first-order valence-corrected chi connectivity index (χ1v) is 5.88. The number of carbonyl (C=O) groups excluding carboxylic acids is 2. The molecule has 6 heteroatoms. The Labute approximate surface area is 112 Å². The van der Waals surface area contributed by atoms with Gasteiger partial charge in [0.15, 0.2) is 5.92 Å². The van der Waals surface area contributed by atoms with Gasteiger partial charge in [-0.05, 0) is 30.2 Å². The fraction of sp³-hybridized carbons (Fsp3) is 0.333. The first-order chi connectivity index (χ1) is 8.49. The molecule has 0 atom stereocenters. The van der Waals surface area contributed by atoms with E-state index in [1.54, 1.807) is 0 Å². The second-order valence-electron chi connectivity index (χ2n) is 3.54. The standard InChI is InChI=1S/C12H12BrFO4/c1-17-11(15)9(12(16)18-2)6-7-5-8(14)3-4-10(7)13/h3-5,9H,6H2,1-2H3. The highest BCUT2D eigenvalue weighted by Gasteiger charge is 2.29. The topological polar surface area (TPSA) is 52.6 Å². The van der Waals surface area contributed by atoms with Crippen LogP contribution in [0.1, 0.15) is 5.56 Å². The molecule has 0 amide bonds. The lowest BCUT2D eigenvalue weighted by Crippen LogP contribution is -2.28. The summed E-state index contributed by atoms with van der Waals surface area (Å²) < 4.78 is 22.8. The van der Waals surface area contributed by atoms with E-state index in [1.807, 2.05) is 0 Å². The molecule has 0 saturated heterocycles. The molecule has 0 unspecified atom stereocenters. The van der Waals surface area contributed by atoms with Gasteiger partial charge in [0.05, 0.1) is 14.2 Å².